The van der Waals surface area contributed by atoms with Crippen LogP contribution in [-0.2, 0) is 14.4 Å². The van der Waals surface area contributed by atoms with Crippen LogP contribution in [-0.4, -0.2) is 39.8 Å². The molecule has 0 radical (unpaired) electrons. The number of fused-ring (bicyclic) bond motifs is 1. The molecule has 2 aromatic rings. The van der Waals surface area contributed by atoms with E-state index in [-0.39, 0.29) is 29.4 Å². The second-order valence-electron chi connectivity index (χ2n) is 6.93. The van der Waals surface area contributed by atoms with Crippen molar-refractivity contribution in [2.24, 2.45) is 5.16 Å². The van der Waals surface area contributed by atoms with Crippen LogP contribution in [0.3, 0.4) is 0 Å². The SMILES string of the molecule is CC(=O)NCC1=NOC(=O)C1c1ccc2c(=O)c(C(=O)O)cn(C3CC3)c2c1. The Kier molecular flexibility index (Phi) is 4.21. The summed E-state index contributed by atoms with van der Waals surface area (Å²) in [6, 6.07) is 4.94. The van der Waals surface area contributed by atoms with E-state index in [0.29, 0.717) is 16.8 Å². The number of aromatic nitrogens is 1. The summed E-state index contributed by atoms with van der Waals surface area (Å²) in [6.07, 6.45) is 3.15. The number of oxime groups is 1. The Morgan fingerprint density at radius 2 is 2.07 bits per heavy atom. The third-order valence-corrected chi connectivity index (χ3v) is 4.90. The second kappa shape index (κ2) is 6.59. The molecule has 9 nitrogen and oxygen atoms in total. The van der Waals surface area contributed by atoms with Crippen LogP contribution in [0.1, 0.15) is 47.6 Å². The van der Waals surface area contributed by atoms with Gasteiger partial charge in [-0.3, -0.25) is 9.59 Å². The predicted octanol–water partition coefficient (Wildman–Crippen LogP) is 1.17. The molecule has 1 aromatic carbocycles. The smallest absolute Gasteiger partial charge is 0.348 e. The summed E-state index contributed by atoms with van der Waals surface area (Å²) >= 11 is 0. The average Bonchev–Trinajstić information content (AvgIpc) is 3.42. The Hall–Kier alpha value is -3.49. The van der Waals surface area contributed by atoms with Crippen molar-refractivity contribution < 1.29 is 24.3 Å². The lowest BCUT2D eigenvalue weighted by atomic mass is 9.93. The number of amides is 1. The second-order valence-corrected chi connectivity index (χ2v) is 6.93. The fourth-order valence-corrected chi connectivity index (χ4v) is 3.38. The zero-order valence-electron chi connectivity index (χ0n) is 15.0. The van der Waals surface area contributed by atoms with E-state index in [2.05, 4.69) is 10.5 Å². The highest BCUT2D eigenvalue weighted by molar-refractivity contribution is 6.11. The summed E-state index contributed by atoms with van der Waals surface area (Å²) in [5.74, 6) is -2.89. The molecule has 2 heterocycles. The summed E-state index contributed by atoms with van der Waals surface area (Å²) < 4.78 is 1.79. The van der Waals surface area contributed by atoms with Gasteiger partial charge in [-0.2, -0.15) is 0 Å². The first-order chi connectivity index (χ1) is 13.4. The zero-order valence-corrected chi connectivity index (χ0v) is 15.0. The molecule has 1 aliphatic carbocycles. The van der Waals surface area contributed by atoms with Crippen LogP contribution in [0.4, 0.5) is 0 Å². The van der Waals surface area contributed by atoms with Crippen molar-refractivity contribution in [3.05, 3.63) is 45.7 Å². The van der Waals surface area contributed by atoms with Gasteiger partial charge in [0.1, 0.15) is 11.5 Å². The van der Waals surface area contributed by atoms with E-state index in [1.165, 1.54) is 19.2 Å². The molecule has 1 aliphatic heterocycles. The van der Waals surface area contributed by atoms with Crippen LogP contribution in [0.5, 0.6) is 0 Å². The van der Waals surface area contributed by atoms with E-state index in [0.717, 1.165) is 12.8 Å². The van der Waals surface area contributed by atoms with E-state index in [4.69, 9.17) is 4.84 Å². The van der Waals surface area contributed by atoms with Gasteiger partial charge >= 0.3 is 11.9 Å². The Morgan fingerprint density at radius 1 is 1.32 bits per heavy atom. The summed E-state index contributed by atoms with van der Waals surface area (Å²) in [6.45, 7) is 1.43. The van der Waals surface area contributed by atoms with Gasteiger partial charge in [-0.05, 0) is 30.5 Å². The molecule has 1 atom stereocenters. The highest BCUT2D eigenvalue weighted by atomic mass is 16.7. The normalized spacial score (nSPS) is 18.7. The minimum Gasteiger partial charge on any atom is -0.477 e. The first kappa shape index (κ1) is 17.9. The number of benzene rings is 1. The molecule has 2 N–H and O–H groups in total. The van der Waals surface area contributed by atoms with Crippen molar-refractivity contribution in [1.82, 2.24) is 9.88 Å². The predicted molar refractivity (Wildman–Crippen MR) is 98.4 cm³/mol. The molecular weight excluding hydrogens is 366 g/mol. The molecule has 1 saturated carbocycles. The van der Waals surface area contributed by atoms with Gasteiger partial charge in [0.25, 0.3) is 0 Å². The number of rotatable bonds is 5. The van der Waals surface area contributed by atoms with Crippen LogP contribution >= 0.6 is 0 Å². The molecule has 1 aromatic heterocycles. The number of carboxylic acid groups (broad SMARTS) is 1. The number of hydrogen-bond acceptors (Lipinski definition) is 6. The number of carbonyl (C=O) groups excluding carboxylic acids is 2. The van der Waals surface area contributed by atoms with Crippen LogP contribution < -0.4 is 10.7 Å². The lowest BCUT2D eigenvalue weighted by Gasteiger charge is -2.15. The molecule has 0 spiro atoms. The van der Waals surface area contributed by atoms with E-state index in [9.17, 15) is 24.3 Å². The van der Waals surface area contributed by atoms with Gasteiger partial charge in [0.05, 0.1) is 17.8 Å². The van der Waals surface area contributed by atoms with E-state index in [1.807, 2.05) is 0 Å². The van der Waals surface area contributed by atoms with Crippen molar-refractivity contribution in [1.29, 1.82) is 0 Å². The minimum atomic E-state index is -1.27. The standard InChI is InChI=1S/C19H17N3O6/c1-9(23)20-7-14-16(19(27)28-21-14)10-2-5-12-15(6-10)22(11-3-4-11)8-13(17(12)24)18(25)26/h2,5-6,8,11,16H,3-4,7H2,1H3,(H,20,23)(H,25,26). The van der Waals surface area contributed by atoms with E-state index in [1.54, 1.807) is 16.7 Å². The molecule has 1 amide bonds. The molecule has 0 bridgehead atoms. The van der Waals surface area contributed by atoms with Crippen LogP contribution in [0, 0.1) is 0 Å². The van der Waals surface area contributed by atoms with Crippen molar-refractivity contribution in [3.63, 3.8) is 0 Å². The fraction of sp³-hybridized carbons (Fsp3) is 0.316. The Balaban J connectivity index is 1.82. The molecule has 9 heteroatoms. The number of hydrogen-bond donors (Lipinski definition) is 2. The van der Waals surface area contributed by atoms with Gasteiger partial charge in [-0.15, -0.1) is 0 Å². The maximum Gasteiger partial charge on any atom is 0.348 e. The zero-order chi connectivity index (χ0) is 20.0. The lowest BCUT2D eigenvalue weighted by molar-refractivity contribution is -0.141. The molecule has 4 rings (SSSR count). The molecule has 1 fully saturated rings. The monoisotopic (exact) mass is 383 g/mol. The molecule has 0 saturated heterocycles. The topological polar surface area (TPSA) is 127 Å². The van der Waals surface area contributed by atoms with E-state index >= 15 is 0 Å². The number of carbonyl (C=O) groups is 3. The molecule has 28 heavy (non-hydrogen) atoms. The summed E-state index contributed by atoms with van der Waals surface area (Å²) in [5.41, 5.74) is 0.652. The van der Waals surface area contributed by atoms with Crippen molar-refractivity contribution >= 4 is 34.5 Å². The highest BCUT2D eigenvalue weighted by Crippen LogP contribution is 2.37. The number of carboxylic acids is 1. The van der Waals surface area contributed by atoms with Gasteiger partial charge in [0.15, 0.2) is 0 Å². The number of aromatic carboxylic acids is 1. The number of nitrogens with zero attached hydrogens (tertiary/aromatic N) is 2. The number of nitrogens with one attached hydrogen (secondary N) is 1. The summed E-state index contributed by atoms with van der Waals surface area (Å²) in [4.78, 5) is 52.1. The maximum absolute atomic E-state index is 12.5. The summed E-state index contributed by atoms with van der Waals surface area (Å²) in [5, 5.41) is 16.0. The van der Waals surface area contributed by atoms with Crippen LogP contribution in [0.25, 0.3) is 10.9 Å². The third-order valence-electron chi connectivity index (χ3n) is 4.90. The Morgan fingerprint density at radius 3 is 2.71 bits per heavy atom. The van der Waals surface area contributed by atoms with Crippen LogP contribution in [0.15, 0.2) is 34.3 Å². The van der Waals surface area contributed by atoms with Gasteiger partial charge in [-0.1, -0.05) is 11.2 Å². The van der Waals surface area contributed by atoms with Crippen molar-refractivity contribution in [3.8, 4) is 0 Å². The number of pyridine rings is 1. The third kappa shape index (κ3) is 3.04. The minimum absolute atomic E-state index is 0.0666. The quantitative estimate of drug-likeness (QED) is 0.746. The Labute approximate surface area is 158 Å². The molecule has 144 valence electrons. The Bertz CT molecular complexity index is 1110. The fourth-order valence-electron chi connectivity index (χ4n) is 3.38. The van der Waals surface area contributed by atoms with Crippen molar-refractivity contribution in [2.75, 3.05) is 6.54 Å². The van der Waals surface area contributed by atoms with Crippen molar-refractivity contribution in [2.45, 2.75) is 31.7 Å². The molecular formula is C19H17N3O6. The largest absolute Gasteiger partial charge is 0.477 e. The van der Waals surface area contributed by atoms with Crippen LogP contribution in [0.2, 0.25) is 0 Å². The average molecular weight is 383 g/mol. The first-order valence-corrected chi connectivity index (χ1v) is 8.81. The van der Waals surface area contributed by atoms with Gasteiger partial charge < -0.3 is 19.8 Å². The lowest BCUT2D eigenvalue weighted by Crippen LogP contribution is -2.31. The first-order valence-electron chi connectivity index (χ1n) is 8.81. The van der Waals surface area contributed by atoms with Gasteiger partial charge in [0.2, 0.25) is 11.3 Å². The highest BCUT2D eigenvalue weighted by Gasteiger charge is 2.35. The summed E-state index contributed by atoms with van der Waals surface area (Å²) in [7, 11) is 0. The van der Waals surface area contributed by atoms with E-state index < -0.39 is 23.3 Å². The van der Waals surface area contributed by atoms with Gasteiger partial charge in [-0.25, -0.2) is 9.59 Å². The molecule has 2 aliphatic rings. The molecule has 1 unspecified atom stereocenters. The van der Waals surface area contributed by atoms with Gasteiger partial charge in [0, 0.05) is 24.5 Å². The maximum atomic E-state index is 12.5.